The molecular formula is C20H24F2N4O2. The second-order valence-corrected chi connectivity index (χ2v) is 7.17. The number of hydrogen-bond donors (Lipinski definition) is 1. The lowest BCUT2D eigenvalue weighted by molar-refractivity contribution is -0.102. The summed E-state index contributed by atoms with van der Waals surface area (Å²) in [5, 5.41) is 2.86. The van der Waals surface area contributed by atoms with E-state index in [9.17, 15) is 13.6 Å². The average Bonchev–Trinajstić information content (AvgIpc) is 2.67. The Morgan fingerprint density at radius 3 is 2.54 bits per heavy atom. The zero-order valence-corrected chi connectivity index (χ0v) is 16.0. The van der Waals surface area contributed by atoms with Crippen LogP contribution in [0, 0.1) is 19.8 Å². The van der Waals surface area contributed by atoms with E-state index in [1.165, 1.54) is 0 Å². The standard InChI is InChI=1S/C20H24F2N4O2/c1-14-3-5-16(6-4-14)12-28-19(27)26-8-7-17(20(21,22)13-26)11-25-18-23-9-15(2)10-24-18/h3-6,9-10,17H,7-8,11-13H2,1-2H3,(H,23,24,25). The van der Waals surface area contributed by atoms with Crippen molar-refractivity contribution in [2.75, 3.05) is 25.0 Å². The van der Waals surface area contributed by atoms with Crippen LogP contribution in [0.15, 0.2) is 36.7 Å². The van der Waals surface area contributed by atoms with Crippen LogP contribution >= 0.6 is 0 Å². The number of ether oxygens (including phenoxy) is 1. The SMILES string of the molecule is Cc1ccc(COC(=O)N2CCC(CNc3ncc(C)cn3)C(F)(F)C2)cc1. The van der Waals surface area contributed by atoms with Gasteiger partial charge in [-0.3, -0.25) is 0 Å². The van der Waals surface area contributed by atoms with Crippen molar-refractivity contribution in [1.29, 1.82) is 0 Å². The van der Waals surface area contributed by atoms with Gasteiger partial charge in [0, 0.05) is 31.4 Å². The minimum absolute atomic E-state index is 0.0440. The Kier molecular flexibility index (Phi) is 6.06. The summed E-state index contributed by atoms with van der Waals surface area (Å²) in [4.78, 5) is 21.4. The minimum atomic E-state index is -3.02. The molecule has 1 N–H and O–H groups in total. The summed E-state index contributed by atoms with van der Waals surface area (Å²) in [6, 6.07) is 7.52. The highest BCUT2D eigenvalue weighted by Crippen LogP contribution is 2.33. The van der Waals surface area contributed by atoms with Gasteiger partial charge in [0.2, 0.25) is 5.95 Å². The molecule has 1 aromatic heterocycles. The number of nitrogens with one attached hydrogen (secondary N) is 1. The molecule has 0 radical (unpaired) electrons. The molecule has 8 heteroatoms. The van der Waals surface area contributed by atoms with Gasteiger partial charge in [0.25, 0.3) is 5.92 Å². The highest BCUT2D eigenvalue weighted by atomic mass is 19.3. The van der Waals surface area contributed by atoms with E-state index in [0.717, 1.165) is 21.6 Å². The number of carbonyl (C=O) groups is 1. The lowest BCUT2D eigenvalue weighted by Crippen LogP contribution is -2.52. The maximum Gasteiger partial charge on any atom is 0.410 e. The number of aromatic nitrogens is 2. The summed E-state index contributed by atoms with van der Waals surface area (Å²) >= 11 is 0. The van der Waals surface area contributed by atoms with Crippen LogP contribution in [0.25, 0.3) is 0 Å². The predicted octanol–water partition coefficient (Wildman–Crippen LogP) is 3.80. The fourth-order valence-electron chi connectivity index (χ4n) is 3.01. The molecule has 1 fully saturated rings. The van der Waals surface area contributed by atoms with Crippen LogP contribution in [0.4, 0.5) is 19.5 Å². The van der Waals surface area contributed by atoms with Crippen molar-refractivity contribution < 1.29 is 18.3 Å². The smallest absolute Gasteiger partial charge is 0.410 e. The van der Waals surface area contributed by atoms with E-state index in [2.05, 4.69) is 15.3 Å². The van der Waals surface area contributed by atoms with E-state index in [-0.39, 0.29) is 26.1 Å². The van der Waals surface area contributed by atoms with Crippen LogP contribution in [-0.4, -0.2) is 46.5 Å². The van der Waals surface area contributed by atoms with E-state index in [1.807, 2.05) is 38.1 Å². The number of carbonyl (C=O) groups excluding carboxylic acids is 1. The second-order valence-electron chi connectivity index (χ2n) is 7.17. The van der Waals surface area contributed by atoms with Gasteiger partial charge < -0.3 is 15.0 Å². The van der Waals surface area contributed by atoms with Crippen molar-refractivity contribution >= 4 is 12.0 Å². The van der Waals surface area contributed by atoms with Gasteiger partial charge >= 0.3 is 6.09 Å². The van der Waals surface area contributed by atoms with Gasteiger partial charge in [0.05, 0.1) is 6.54 Å². The van der Waals surface area contributed by atoms with Crippen molar-refractivity contribution in [3.63, 3.8) is 0 Å². The molecule has 0 saturated carbocycles. The maximum atomic E-state index is 14.5. The molecule has 3 rings (SSSR count). The molecule has 1 saturated heterocycles. The molecule has 28 heavy (non-hydrogen) atoms. The molecule has 0 spiro atoms. The van der Waals surface area contributed by atoms with Crippen molar-refractivity contribution in [3.05, 3.63) is 53.3 Å². The summed E-state index contributed by atoms with van der Waals surface area (Å²) in [5.74, 6) is -3.60. The first-order valence-electron chi connectivity index (χ1n) is 9.21. The van der Waals surface area contributed by atoms with Gasteiger partial charge in [-0.2, -0.15) is 0 Å². The Labute approximate surface area is 162 Å². The molecule has 2 aromatic rings. The van der Waals surface area contributed by atoms with Gasteiger partial charge in [-0.15, -0.1) is 0 Å². The molecule has 1 aromatic carbocycles. The summed E-state index contributed by atoms with van der Waals surface area (Å²) in [6.07, 6.45) is 2.71. The summed E-state index contributed by atoms with van der Waals surface area (Å²) in [6.45, 7) is 3.50. The van der Waals surface area contributed by atoms with Gasteiger partial charge in [0.15, 0.2) is 0 Å². The largest absolute Gasteiger partial charge is 0.445 e. The molecule has 1 atom stereocenters. The lowest BCUT2D eigenvalue weighted by atomic mass is 9.93. The number of benzene rings is 1. The minimum Gasteiger partial charge on any atom is -0.445 e. The zero-order valence-electron chi connectivity index (χ0n) is 16.0. The Bertz CT molecular complexity index is 797. The number of anilines is 1. The van der Waals surface area contributed by atoms with Crippen molar-refractivity contribution in [2.45, 2.75) is 32.8 Å². The lowest BCUT2D eigenvalue weighted by Gasteiger charge is -2.37. The molecule has 2 heterocycles. The highest BCUT2D eigenvalue weighted by molar-refractivity contribution is 5.68. The summed E-state index contributed by atoms with van der Waals surface area (Å²) in [7, 11) is 0. The third kappa shape index (κ3) is 5.15. The molecule has 1 amide bonds. The third-order valence-electron chi connectivity index (χ3n) is 4.78. The first kappa shape index (κ1) is 20.0. The Morgan fingerprint density at radius 2 is 1.89 bits per heavy atom. The predicted molar refractivity (Wildman–Crippen MR) is 101 cm³/mol. The fraction of sp³-hybridized carbons (Fsp3) is 0.450. The molecule has 0 bridgehead atoms. The van der Waals surface area contributed by atoms with Crippen molar-refractivity contribution in [1.82, 2.24) is 14.9 Å². The molecule has 1 aliphatic heterocycles. The van der Waals surface area contributed by atoms with Gasteiger partial charge in [0.1, 0.15) is 6.61 Å². The Balaban J connectivity index is 1.49. The van der Waals surface area contributed by atoms with Crippen LogP contribution in [0.2, 0.25) is 0 Å². The quantitative estimate of drug-likeness (QED) is 0.841. The number of piperidine rings is 1. The van der Waals surface area contributed by atoms with Crippen molar-refractivity contribution in [3.8, 4) is 0 Å². The summed E-state index contributed by atoms with van der Waals surface area (Å²) < 4.78 is 34.2. The Hall–Kier alpha value is -2.77. The fourth-order valence-corrected chi connectivity index (χ4v) is 3.01. The van der Waals surface area contributed by atoms with Gasteiger partial charge in [-0.05, 0) is 31.4 Å². The normalized spacial score (nSPS) is 18.6. The van der Waals surface area contributed by atoms with Crippen LogP contribution in [0.3, 0.4) is 0 Å². The average molecular weight is 390 g/mol. The number of hydrogen-bond acceptors (Lipinski definition) is 5. The van der Waals surface area contributed by atoms with E-state index < -0.39 is 24.5 Å². The number of rotatable bonds is 5. The van der Waals surface area contributed by atoms with Crippen LogP contribution in [-0.2, 0) is 11.3 Å². The van der Waals surface area contributed by atoms with E-state index in [4.69, 9.17) is 4.74 Å². The van der Waals surface area contributed by atoms with Gasteiger partial charge in [-0.1, -0.05) is 29.8 Å². The molecule has 1 unspecified atom stereocenters. The molecule has 1 aliphatic rings. The van der Waals surface area contributed by atoms with Crippen LogP contribution < -0.4 is 5.32 Å². The number of likely N-dealkylation sites (tertiary alicyclic amines) is 1. The molecule has 0 aliphatic carbocycles. The third-order valence-corrected chi connectivity index (χ3v) is 4.78. The van der Waals surface area contributed by atoms with E-state index >= 15 is 0 Å². The number of nitrogens with zero attached hydrogens (tertiary/aromatic N) is 3. The second kappa shape index (κ2) is 8.50. The van der Waals surface area contributed by atoms with Crippen LogP contribution in [0.1, 0.15) is 23.1 Å². The number of aryl methyl sites for hydroxylation is 2. The Morgan fingerprint density at radius 1 is 1.21 bits per heavy atom. The van der Waals surface area contributed by atoms with E-state index in [0.29, 0.717) is 5.95 Å². The molecular weight excluding hydrogens is 366 g/mol. The number of amides is 1. The molecule has 150 valence electrons. The van der Waals surface area contributed by atoms with Gasteiger partial charge in [-0.25, -0.2) is 23.5 Å². The first-order chi connectivity index (χ1) is 13.3. The van der Waals surface area contributed by atoms with Crippen molar-refractivity contribution in [2.24, 2.45) is 5.92 Å². The zero-order chi connectivity index (χ0) is 20.1. The van der Waals surface area contributed by atoms with E-state index in [1.54, 1.807) is 12.4 Å². The molecule has 6 nitrogen and oxygen atoms in total. The summed E-state index contributed by atoms with van der Waals surface area (Å²) in [5.41, 5.74) is 2.82. The first-order valence-corrected chi connectivity index (χ1v) is 9.21. The topological polar surface area (TPSA) is 67.3 Å². The van der Waals surface area contributed by atoms with Crippen LogP contribution in [0.5, 0.6) is 0 Å². The maximum absolute atomic E-state index is 14.5. The number of alkyl halides is 2. The highest BCUT2D eigenvalue weighted by Gasteiger charge is 2.46. The monoisotopic (exact) mass is 390 g/mol. The number of halogens is 2.